The number of halogens is 2. The lowest BCUT2D eigenvalue weighted by atomic mass is 9.68. The van der Waals surface area contributed by atoms with Crippen molar-refractivity contribution in [2.45, 2.75) is 46.5 Å². The Morgan fingerprint density at radius 1 is 1.26 bits per heavy atom. The van der Waals surface area contributed by atoms with Gasteiger partial charge >= 0.3 is 5.97 Å². The van der Waals surface area contributed by atoms with E-state index in [9.17, 15) is 9.59 Å². The lowest BCUT2D eigenvalue weighted by Gasteiger charge is -2.39. The number of ketones is 1. The Bertz CT molecular complexity index is 863. The van der Waals surface area contributed by atoms with Crippen LogP contribution in [-0.2, 0) is 14.3 Å². The van der Waals surface area contributed by atoms with Gasteiger partial charge in [0.25, 0.3) is 0 Å². The maximum absolute atomic E-state index is 13.1. The van der Waals surface area contributed by atoms with Crippen molar-refractivity contribution >= 4 is 35.0 Å². The summed E-state index contributed by atoms with van der Waals surface area (Å²) < 4.78 is 5.28. The molecule has 0 saturated carbocycles. The van der Waals surface area contributed by atoms with Crippen molar-refractivity contribution in [3.8, 4) is 0 Å². The molecule has 144 valence electrons. The zero-order chi connectivity index (χ0) is 19.9. The largest absolute Gasteiger partial charge is 0.463 e. The van der Waals surface area contributed by atoms with E-state index in [-0.39, 0.29) is 17.8 Å². The first-order valence-electron chi connectivity index (χ1n) is 9.01. The van der Waals surface area contributed by atoms with Gasteiger partial charge in [0.2, 0.25) is 0 Å². The maximum Gasteiger partial charge on any atom is 0.336 e. The minimum atomic E-state index is -0.634. The first-order chi connectivity index (χ1) is 12.7. The van der Waals surface area contributed by atoms with Gasteiger partial charge in [-0.1, -0.05) is 43.1 Å². The summed E-state index contributed by atoms with van der Waals surface area (Å²) in [6.07, 6.45) is 1.11. The van der Waals surface area contributed by atoms with E-state index < -0.39 is 11.9 Å². The lowest BCUT2D eigenvalue weighted by molar-refractivity contribution is -0.138. The molecular formula is C21H23Cl2NO3. The summed E-state index contributed by atoms with van der Waals surface area (Å²) in [4.78, 5) is 25.9. The third-order valence-corrected chi connectivity index (χ3v) is 5.68. The molecule has 6 heteroatoms. The van der Waals surface area contributed by atoms with Gasteiger partial charge in [0, 0.05) is 39.0 Å². The molecule has 1 aliphatic carbocycles. The molecule has 0 fully saturated rings. The van der Waals surface area contributed by atoms with Crippen LogP contribution in [0.3, 0.4) is 0 Å². The predicted octanol–water partition coefficient (Wildman–Crippen LogP) is 5.16. The second-order valence-corrected chi connectivity index (χ2v) is 8.60. The van der Waals surface area contributed by atoms with E-state index in [4.69, 9.17) is 27.9 Å². The van der Waals surface area contributed by atoms with Crippen molar-refractivity contribution in [1.82, 2.24) is 5.32 Å². The van der Waals surface area contributed by atoms with Crippen LogP contribution in [0.4, 0.5) is 0 Å². The highest BCUT2D eigenvalue weighted by Gasteiger charge is 2.44. The number of hydrogen-bond donors (Lipinski definition) is 1. The van der Waals surface area contributed by atoms with Crippen LogP contribution in [0.2, 0.25) is 10.0 Å². The smallest absolute Gasteiger partial charge is 0.336 e. The molecule has 27 heavy (non-hydrogen) atoms. The molecule has 1 aliphatic heterocycles. The number of dihydropyridines is 1. The Morgan fingerprint density at radius 3 is 2.48 bits per heavy atom. The van der Waals surface area contributed by atoms with E-state index in [0.29, 0.717) is 45.3 Å². The Hall–Kier alpha value is -1.78. The number of carbonyl (C=O) groups excluding carboxylic acids is 2. The summed E-state index contributed by atoms with van der Waals surface area (Å²) in [5.41, 5.74) is 2.88. The van der Waals surface area contributed by atoms with Crippen molar-refractivity contribution in [3.05, 3.63) is 56.3 Å². The monoisotopic (exact) mass is 407 g/mol. The van der Waals surface area contributed by atoms with Gasteiger partial charge in [-0.25, -0.2) is 4.79 Å². The van der Waals surface area contributed by atoms with Gasteiger partial charge < -0.3 is 10.1 Å². The molecule has 0 radical (unpaired) electrons. The average Bonchev–Trinajstić information content (AvgIpc) is 2.52. The summed E-state index contributed by atoms with van der Waals surface area (Å²) in [6, 6.07) is 5.19. The number of esters is 1. The van der Waals surface area contributed by atoms with E-state index >= 15 is 0 Å². The summed E-state index contributed by atoms with van der Waals surface area (Å²) in [5, 5.41) is 4.13. The van der Waals surface area contributed by atoms with Gasteiger partial charge in [0.15, 0.2) is 5.78 Å². The first kappa shape index (κ1) is 20.0. The van der Waals surface area contributed by atoms with Crippen LogP contribution in [0.25, 0.3) is 0 Å². The second-order valence-electron chi connectivity index (χ2n) is 7.79. The van der Waals surface area contributed by atoms with Gasteiger partial charge in [-0.15, -0.1) is 0 Å². The third kappa shape index (κ3) is 3.65. The van der Waals surface area contributed by atoms with Crippen molar-refractivity contribution in [3.63, 3.8) is 0 Å². The third-order valence-electron chi connectivity index (χ3n) is 5.02. The number of Topliss-reactive ketones (excluding diaryl/α,β-unsaturated/α-hetero) is 1. The number of hydrogen-bond acceptors (Lipinski definition) is 4. The fourth-order valence-corrected chi connectivity index (χ4v) is 4.61. The van der Waals surface area contributed by atoms with Crippen LogP contribution < -0.4 is 5.32 Å². The van der Waals surface area contributed by atoms with E-state index in [2.05, 4.69) is 19.2 Å². The number of rotatable bonds is 3. The molecule has 2 aliphatic rings. The molecule has 0 aromatic heterocycles. The molecule has 0 saturated heterocycles. The van der Waals surface area contributed by atoms with Gasteiger partial charge in [-0.3, -0.25) is 4.79 Å². The Labute approximate surface area is 169 Å². The van der Waals surface area contributed by atoms with Crippen LogP contribution in [0.15, 0.2) is 40.7 Å². The highest BCUT2D eigenvalue weighted by atomic mass is 35.5. The van der Waals surface area contributed by atoms with Crippen LogP contribution >= 0.6 is 23.2 Å². The summed E-state index contributed by atoms with van der Waals surface area (Å²) in [7, 11) is 0. The summed E-state index contributed by atoms with van der Waals surface area (Å²) >= 11 is 13.0. The highest BCUT2D eigenvalue weighted by molar-refractivity contribution is 6.36. The maximum atomic E-state index is 13.1. The van der Waals surface area contributed by atoms with E-state index in [0.717, 1.165) is 5.70 Å². The van der Waals surface area contributed by atoms with Gasteiger partial charge in [0.05, 0.1) is 18.1 Å². The first-order valence-corrected chi connectivity index (χ1v) is 9.77. The summed E-state index contributed by atoms with van der Waals surface area (Å²) in [6.45, 7) is 7.94. The van der Waals surface area contributed by atoms with E-state index in [1.54, 1.807) is 25.1 Å². The number of benzene rings is 1. The van der Waals surface area contributed by atoms with Crippen LogP contribution in [0.1, 0.15) is 52.0 Å². The summed E-state index contributed by atoms with van der Waals surface area (Å²) in [5.74, 6) is -1.10. The molecule has 1 aromatic rings. The number of ether oxygens (including phenoxy) is 1. The normalized spacial score (nSPS) is 21.7. The molecule has 1 N–H and O–H groups in total. The Balaban J connectivity index is 2.26. The fourth-order valence-electron chi connectivity index (χ4n) is 3.99. The number of carbonyl (C=O) groups is 2. The SMILES string of the molecule is CCOC(=O)C1=C(C)NC2=C(C(=O)CC(C)(C)C2)C1c1c(Cl)cccc1Cl. The Kier molecular flexibility index (Phi) is 5.42. The zero-order valence-electron chi connectivity index (χ0n) is 15.9. The predicted molar refractivity (Wildman–Crippen MR) is 107 cm³/mol. The quantitative estimate of drug-likeness (QED) is 0.702. The minimum Gasteiger partial charge on any atom is -0.463 e. The van der Waals surface area contributed by atoms with Gasteiger partial charge in [-0.2, -0.15) is 0 Å². The molecule has 0 amide bonds. The van der Waals surface area contributed by atoms with Crippen LogP contribution in [0.5, 0.6) is 0 Å². The van der Waals surface area contributed by atoms with Crippen molar-refractivity contribution < 1.29 is 14.3 Å². The topological polar surface area (TPSA) is 55.4 Å². The molecule has 1 heterocycles. The fraction of sp³-hybridized carbons (Fsp3) is 0.429. The minimum absolute atomic E-state index is 0.00374. The van der Waals surface area contributed by atoms with Gasteiger partial charge in [-0.05, 0) is 37.8 Å². The standard InChI is InChI=1S/C21H23Cl2NO3/c1-5-27-20(26)16-11(2)24-14-9-21(3,4)10-15(25)18(14)19(16)17-12(22)7-6-8-13(17)23/h6-8,19,24H,5,9-10H2,1-4H3. The van der Waals surface area contributed by atoms with Crippen molar-refractivity contribution in [2.75, 3.05) is 6.61 Å². The molecule has 0 bridgehead atoms. The molecule has 4 nitrogen and oxygen atoms in total. The highest BCUT2D eigenvalue weighted by Crippen LogP contribution is 2.49. The Morgan fingerprint density at radius 2 is 1.89 bits per heavy atom. The lowest BCUT2D eigenvalue weighted by Crippen LogP contribution is -2.38. The molecular weight excluding hydrogens is 385 g/mol. The van der Waals surface area contributed by atoms with Crippen LogP contribution in [-0.4, -0.2) is 18.4 Å². The molecule has 0 spiro atoms. The molecule has 1 unspecified atom stereocenters. The molecule has 3 rings (SSSR count). The number of allylic oxidation sites excluding steroid dienone is 3. The zero-order valence-corrected chi connectivity index (χ0v) is 17.4. The average molecular weight is 408 g/mol. The van der Waals surface area contributed by atoms with Gasteiger partial charge in [0.1, 0.15) is 0 Å². The van der Waals surface area contributed by atoms with E-state index in [1.165, 1.54) is 0 Å². The second kappa shape index (κ2) is 7.33. The number of nitrogens with one attached hydrogen (secondary N) is 1. The van der Waals surface area contributed by atoms with Crippen molar-refractivity contribution in [2.24, 2.45) is 5.41 Å². The van der Waals surface area contributed by atoms with Crippen molar-refractivity contribution in [1.29, 1.82) is 0 Å². The molecule has 1 aromatic carbocycles. The van der Waals surface area contributed by atoms with E-state index in [1.807, 2.05) is 6.92 Å². The molecule has 1 atom stereocenters. The van der Waals surface area contributed by atoms with Crippen LogP contribution in [0, 0.1) is 5.41 Å².